The Morgan fingerprint density at radius 1 is 0.786 bits per heavy atom. The van der Waals surface area contributed by atoms with Crippen molar-refractivity contribution in [3.8, 4) is 23.3 Å². The van der Waals surface area contributed by atoms with Crippen molar-refractivity contribution in [3.05, 3.63) is 95.6 Å². The number of alkyl halides is 3. The van der Waals surface area contributed by atoms with E-state index < -0.39 is 11.7 Å². The van der Waals surface area contributed by atoms with Gasteiger partial charge in [-0.25, -0.2) is 0 Å². The summed E-state index contributed by atoms with van der Waals surface area (Å²) in [7, 11) is 0. The lowest BCUT2D eigenvalue weighted by molar-refractivity contribution is -0.137. The average Bonchev–Trinajstić information content (AvgIpc) is 3.01. The van der Waals surface area contributed by atoms with Gasteiger partial charge in [0, 0.05) is 55.3 Å². The van der Waals surface area contributed by atoms with Crippen LogP contribution in [0.15, 0.2) is 78.9 Å². The lowest BCUT2D eigenvalue weighted by atomic mass is 9.97. The zero-order valence-electron chi connectivity index (χ0n) is 23.1. The zero-order valence-corrected chi connectivity index (χ0v) is 23.1. The predicted octanol–water partition coefficient (Wildman–Crippen LogP) is 5.73. The first-order chi connectivity index (χ1) is 20.2. The van der Waals surface area contributed by atoms with Gasteiger partial charge in [-0.2, -0.15) is 13.2 Å². The third-order valence-electron chi connectivity index (χ3n) is 7.75. The smallest absolute Gasteiger partial charge is 0.416 e. The molecule has 218 valence electrons. The van der Waals surface area contributed by atoms with Gasteiger partial charge in [-0.3, -0.25) is 9.59 Å². The molecule has 0 atom stereocenters. The Morgan fingerprint density at radius 2 is 1.38 bits per heavy atom. The Hall–Kier alpha value is -4.29. The number of hydrogen-bond donors (Lipinski definition) is 1. The van der Waals surface area contributed by atoms with Crippen LogP contribution < -0.4 is 10.1 Å². The third-order valence-corrected chi connectivity index (χ3v) is 7.75. The Bertz CT molecular complexity index is 1420. The fourth-order valence-corrected chi connectivity index (χ4v) is 5.41. The number of carbonyl (C=O) groups is 2. The molecule has 2 amide bonds. The second kappa shape index (κ2) is 13.1. The van der Waals surface area contributed by atoms with Crippen molar-refractivity contribution < 1.29 is 27.5 Å². The van der Waals surface area contributed by atoms with Crippen molar-refractivity contribution in [3.63, 3.8) is 0 Å². The second-order valence-corrected chi connectivity index (χ2v) is 10.6. The van der Waals surface area contributed by atoms with E-state index in [4.69, 9.17) is 4.74 Å². The van der Waals surface area contributed by atoms with Crippen LogP contribution in [0.3, 0.4) is 0 Å². The molecule has 0 aromatic heterocycles. The number of nitrogens with zero attached hydrogens (tertiary/aromatic N) is 2. The minimum atomic E-state index is -4.40. The van der Waals surface area contributed by atoms with Gasteiger partial charge < -0.3 is 19.9 Å². The molecule has 1 N–H and O–H groups in total. The molecule has 2 aliphatic heterocycles. The summed E-state index contributed by atoms with van der Waals surface area (Å²) in [5, 5.41) is 3.04. The van der Waals surface area contributed by atoms with Crippen molar-refractivity contribution >= 4 is 11.8 Å². The largest absolute Gasteiger partial charge is 0.457 e. The van der Waals surface area contributed by atoms with Crippen molar-refractivity contribution in [1.82, 2.24) is 15.1 Å². The van der Waals surface area contributed by atoms with Crippen LogP contribution in [-0.4, -0.2) is 59.9 Å². The normalized spacial score (nSPS) is 16.8. The summed E-state index contributed by atoms with van der Waals surface area (Å²) in [5.41, 5.74) is 0.619. The minimum Gasteiger partial charge on any atom is -0.457 e. The van der Waals surface area contributed by atoms with E-state index in [1.807, 2.05) is 35.2 Å². The highest BCUT2D eigenvalue weighted by Crippen LogP contribution is 2.31. The molecule has 0 unspecified atom stereocenters. The van der Waals surface area contributed by atoms with Crippen LogP contribution in [0.25, 0.3) is 0 Å². The Balaban J connectivity index is 1.04. The van der Waals surface area contributed by atoms with Gasteiger partial charge in [0.2, 0.25) is 0 Å². The van der Waals surface area contributed by atoms with Gasteiger partial charge in [0.15, 0.2) is 0 Å². The third kappa shape index (κ3) is 7.71. The topological polar surface area (TPSA) is 61.9 Å². The molecular formula is C33H32F3N3O3. The summed E-state index contributed by atoms with van der Waals surface area (Å²) in [6.45, 7) is 3.13. The molecule has 2 saturated heterocycles. The van der Waals surface area contributed by atoms with E-state index in [2.05, 4.69) is 22.1 Å². The molecule has 42 heavy (non-hydrogen) atoms. The van der Waals surface area contributed by atoms with E-state index in [9.17, 15) is 22.8 Å². The molecule has 5 rings (SSSR count). The molecule has 0 saturated carbocycles. The highest BCUT2D eigenvalue weighted by molar-refractivity contribution is 5.94. The summed E-state index contributed by atoms with van der Waals surface area (Å²) < 4.78 is 43.9. The maximum Gasteiger partial charge on any atom is 0.416 e. The molecule has 0 aliphatic carbocycles. The molecule has 0 radical (unpaired) electrons. The molecule has 3 aromatic carbocycles. The molecule has 3 aromatic rings. The number of rotatable bonds is 5. The SMILES string of the molecule is O=C(C#Cc1ccccc1)NC1CCN(C2CCN(C(=O)c3ccc(Oc4ccc(C(F)(F)F)cc4)cc3)CC2)CC1. The van der Waals surface area contributed by atoms with E-state index in [-0.39, 0.29) is 23.6 Å². The van der Waals surface area contributed by atoms with Crippen LogP contribution in [0.2, 0.25) is 0 Å². The average molecular weight is 576 g/mol. The lowest BCUT2D eigenvalue weighted by Crippen LogP contribution is -2.51. The Kier molecular flexibility index (Phi) is 9.13. The molecule has 0 spiro atoms. The number of piperidine rings is 2. The summed E-state index contributed by atoms with van der Waals surface area (Å²) in [5.74, 6) is 6.00. The Labute approximate surface area is 243 Å². The van der Waals surface area contributed by atoms with E-state index in [0.29, 0.717) is 30.4 Å². The summed E-state index contributed by atoms with van der Waals surface area (Å²) >= 11 is 0. The van der Waals surface area contributed by atoms with Gasteiger partial charge in [-0.1, -0.05) is 24.1 Å². The quantitative estimate of drug-likeness (QED) is 0.395. The van der Waals surface area contributed by atoms with Crippen LogP contribution in [0.4, 0.5) is 13.2 Å². The van der Waals surface area contributed by atoms with Crippen molar-refractivity contribution in [2.75, 3.05) is 26.2 Å². The maximum atomic E-state index is 13.1. The van der Waals surface area contributed by atoms with Gasteiger partial charge in [-0.15, -0.1) is 0 Å². The number of nitrogens with one attached hydrogen (secondary N) is 1. The summed E-state index contributed by atoms with van der Waals surface area (Å²) in [4.78, 5) is 29.7. The first kappa shape index (κ1) is 29.2. The van der Waals surface area contributed by atoms with Crippen molar-refractivity contribution in [2.24, 2.45) is 0 Å². The van der Waals surface area contributed by atoms with Gasteiger partial charge >= 0.3 is 6.18 Å². The zero-order chi connectivity index (χ0) is 29.5. The monoisotopic (exact) mass is 575 g/mol. The van der Waals surface area contributed by atoms with Crippen molar-refractivity contribution in [1.29, 1.82) is 0 Å². The summed E-state index contributed by atoms with van der Waals surface area (Å²) in [6, 6.07) is 21.1. The molecule has 2 aliphatic rings. The number of ether oxygens (including phenoxy) is 1. The number of hydrogen-bond acceptors (Lipinski definition) is 4. The first-order valence-corrected chi connectivity index (χ1v) is 14.1. The standard InChI is InChI=1S/C33H32F3N3O3/c34-33(35,36)26-9-13-30(14-10-26)42-29-11-7-25(8-12-29)32(41)39-22-18-28(19-23-39)38-20-16-27(17-21-38)37-31(40)15-6-24-4-2-1-3-5-24/h1-5,7-14,27-28H,16-23H2,(H,37,40). The van der Waals surface area contributed by atoms with Crippen LogP contribution in [0, 0.1) is 11.8 Å². The number of likely N-dealkylation sites (tertiary alicyclic amines) is 2. The fourth-order valence-electron chi connectivity index (χ4n) is 5.41. The lowest BCUT2D eigenvalue weighted by Gasteiger charge is -2.41. The first-order valence-electron chi connectivity index (χ1n) is 14.1. The number of amides is 2. The van der Waals surface area contributed by atoms with Gasteiger partial charge in [-0.05, 0) is 86.3 Å². The number of halogens is 3. The van der Waals surface area contributed by atoms with Gasteiger partial charge in [0.1, 0.15) is 11.5 Å². The summed E-state index contributed by atoms with van der Waals surface area (Å²) in [6.07, 6.45) is -0.873. The Morgan fingerprint density at radius 3 is 1.98 bits per heavy atom. The number of benzene rings is 3. The molecular weight excluding hydrogens is 543 g/mol. The van der Waals surface area contributed by atoms with Crippen LogP contribution in [0.5, 0.6) is 11.5 Å². The van der Waals surface area contributed by atoms with Crippen molar-refractivity contribution in [2.45, 2.75) is 43.9 Å². The van der Waals surface area contributed by atoms with Crippen LogP contribution in [0.1, 0.15) is 47.2 Å². The second-order valence-electron chi connectivity index (χ2n) is 10.6. The van der Waals surface area contributed by atoms with E-state index in [0.717, 1.165) is 56.5 Å². The van der Waals surface area contributed by atoms with Crippen LogP contribution >= 0.6 is 0 Å². The van der Waals surface area contributed by atoms with E-state index in [1.54, 1.807) is 24.3 Å². The maximum absolute atomic E-state index is 13.1. The fraction of sp³-hybridized carbons (Fsp3) is 0.333. The minimum absolute atomic E-state index is 0.0486. The molecule has 9 heteroatoms. The van der Waals surface area contributed by atoms with Gasteiger partial charge in [0.05, 0.1) is 5.56 Å². The van der Waals surface area contributed by atoms with Crippen LogP contribution in [-0.2, 0) is 11.0 Å². The highest BCUT2D eigenvalue weighted by atomic mass is 19.4. The molecule has 6 nitrogen and oxygen atoms in total. The molecule has 2 heterocycles. The highest BCUT2D eigenvalue weighted by Gasteiger charge is 2.31. The molecule has 2 fully saturated rings. The van der Waals surface area contributed by atoms with E-state index >= 15 is 0 Å². The number of carbonyl (C=O) groups excluding carboxylic acids is 2. The molecule has 0 bridgehead atoms. The predicted molar refractivity (Wildman–Crippen MR) is 153 cm³/mol. The van der Waals surface area contributed by atoms with E-state index in [1.165, 1.54) is 12.1 Å². The van der Waals surface area contributed by atoms with Gasteiger partial charge in [0.25, 0.3) is 11.8 Å².